The second kappa shape index (κ2) is 4.26. The van der Waals surface area contributed by atoms with E-state index in [0.29, 0.717) is 6.54 Å². The van der Waals surface area contributed by atoms with Crippen LogP contribution in [0.5, 0.6) is 0 Å². The van der Waals surface area contributed by atoms with E-state index in [0.717, 1.165) is 19.4 Å². The predicted molar refractivity (Wildman–Crippen MR) is 63.7 cm³/mol. The molecule has 0 radical (unpaired) electrons. The Hall–Kier alpha value is -1.34. The van der Waals surface area contributed by atoms with Gasteiger partial charge in [0.05, 0.1) is 12.6 Å². The van der Waals surface area contributed by atoms with Crippen molar-refractivity contribution in [2.45, 2.75) is 25.5 Å². The highest BCUT2D eigenvalue weighted by Gasteiger charge is 2.18. The molecule has 88 valence electrons. The standard InChI is InChI=1S/C9H14N4O2S/c10-6-7(11)13(9(16)12-8(6)14)4-5-2-1-3-15-5/h5H,1-4,10-11H2,(H,12,14,16). The van der Waals surface area contributed by atoms with Crippen LogP contribution in [-0.2, 0) is 11.3 Å². The third-order valence-electron chi connectivity index (χ3n) is 2.69. The van der Waals surface area contributed by atoms with Crippen LogP contribution in [0.25, 0.3) is 0 Å². The molecule has 1 aromatic rings. The van der Waals surface area contributed by atoms with Crippen molar-refractivity contribution in [1.82, 2.24) is 9.55 Å². The lowest BCUT2D eigenvalue weighted by atomic mass is 10.2. The summed E-state index contributed by atoms with van der Waals surface area (Å²) in [5, 5.41) is 0. The van der Waals surface area contributed by atoms with E-state index in [1.165, 1.54) is 0 Å². The molecule has 1 fully saturated rings. The summed E-state index contributed by atoms with van der Waals surface area (Å²) in [6.45, 7) is 1.29. The molecule has 0 spiro atoms. The summed E-state index contributed by atoms with van der Waals surface area (Å²) in [4.78, 5) is 13.8. The van der Waals surface area contributed by atoms with Crippen molar-refractivity contribution >= 4 is 23.7 Å². The number of nitrogens with zero attached hydrogens (tertiary/aromatic N) is 1. The van der Waals surface area contributed by atoms with Gasteiger partial charge in [0, 0.05) is 6.61 Å². The Morgan fingerprint density at radius 3 is 2.94 bits per heavy atom. The van der Waals surface area contributed by atoms with Crippen LogP contribution in [0.4, 0.5) is 11.5 Å². The Morgan fingerprint density at radius 1 is 1.56 bits per heavy atom. The molecule has 1 saturated heterocycles. The highest BCUT2D eigenvalue weighted by molar-refractivity contribution is 7.71. The first-order valence-electron chi connectivity index (χ1n) is 5.09. The monoisotopic (exact) mass is 242 g/mol. The largest absolute Gasteiger partial charge is 0.391 e. The summed E-state index contributed by atoms with van der Waals surface area (Å²) in [6.07, 6.45) is 2.11. The maximum Gasteiger partial charge on any atom is 0.277 e. The minimum atomic E-state index is -0.439. The number of nitrogens with two attached hydrogens (primary N) is 2. The number of nitrogen functional groups attached to an aromatic ring is 2. The lowest BCUT2D eigenvalue weighted by Gasteiger charge is -2.15. The molecule has 0 saturated carbocycles. The van der Waals surface area contributed by atoms with Crippen LogP contribution in [0.1, 0.15) is 12.8 Å². The number of hydrogen-bond acceptors (Lipinski definition) is 5. The maximum atomic E-state index is 11.3. The van der Waals surface area contributed by atoms with Gasteiger partial charge in [0.25, 0.3) is 5.56 Å². The molecule has 1 aliphatic heterocycles. The van der Waals surface area contributed by atoms with Crippen LogP contribution in [-0.4, -0.2) is 22.3 Å². The Balaban J connectivity index is 2.36. The molecule has 0 aromatic carbocycles. The van der Waals surface area contributed by atoms with Crippen LogP contribution < -0.4 is 17.0 Å². The number of anilines is 2. The second-order valence-corrected chi connectivity index (χ2v) is 4.19. The molecule has 16 heavy (non-hydrogen) atoms. The first kappa shape index (κ1) is 11.2. The molecule has 0 bridgehead atoms. The number of nitrogens with one attached hydrogen (secondary N) is 1. The minimum absolute atomic E-state index is 0.00611. The average molecular weight is 242 g/mol. The second-order valence-electron chi connectivity index (χ2n) is 3.80. The van der Waals surface area contributed by atoms with Gasteiger partial charge in [-0.25, -0.2) is 0 Å². The van der Waals surface area contributed by atoms with E-state index in [9.17, 15) is 4.79 Å². The first-order valence-corrected chi connectivity index (χ1v) is 5.50. The molecule has 1 aliphatic rings. The van der Waals surface area contributed by atoms with Crippen molar-refractivity contribution in [3.8, 4) is 0 Å². The zero-order chi connectivity index (χ0) is 11.7. The van der Waals surface area contributed by atoms with E-state index in [2.05, 4.69) is 4.98 Å². The van der Waals surface area contributed by atoms with Crippen molar-refractivity contribution < 1.29 is 4.74 Å². The van der Waals surface area contributed by atoms with Crippen molar-refractivity contribution in [1.29, 1.82) is 0 Å². The average Bonchev–Trinajstić information content (AvgIpc) is 2.74. The van der Waals surface area contributed by atoms with Crippen molar-refractivity contribution in [3.05, 3.63) is 15.1 Å². The number of hydrogen-bond donors (Lipinski definition) is 3. The molecule has 1 atom stereocenters. The predicted octanol–water partition coefficient (Wildman–Crippen LogP) is 0.249. The van der Waals surface area contributed by atoms with Gasteiger partial charge in [-0.15, -0.1) is 0 Å². The van der Waals surface area contributed by atoms with Crippen molar-refractivity contribution in [2.24, 2.45) is 0 Å². The van der Waals surface area contributed by atoms with Gasteiger partial charge in [-0.1, -0.05) is 0 Å². The highest BCUT2D eigenvalue weighted by atomic mass is 32.1. The van der Waals surface area contributed by atoms with E-state index in [-0.39, 0.29) is 22.4 Å². The van der Waals surface area contributed by atoms with Gasteiger partial charge in [-0.3, -0.25) is 9.78 Å². The van der Waals surface area contributed by atoms with E-state index in [1.807, 2.05) is 0 Å². The molecular formula is C9H14N4O2S. The molecule has 0 aliphatic carbocycles. The van der Waals surface area contributed by atoms with E-state index < -0.39 is 5.56 Å². The fourth-order valence-corrected chi connectivity index (χ4v) is 2.04. The number of ether oxygens (including phenoxy) is 1. The van der Waals surface area contributed by atoms with Gasteiger partial charge in [0.15, 0.2) is 4.77 Å². The lowest BCUT2D eigenvalue weighted by Crippen LogP contribution is -2.25. The van der Waals surface area contributed by atoms with Gasteiger partial charge in [-0.05, 0) is 25.1 Å². The van der Waals surface area contributed by atoms with Crippen molar-refractivity contribution in [3.63, 3.8) is 0 Å². The maximum absolute atomic E-state index is 11.3. The summed E-state index contributed by atoms with van der Waals surface area (Å²) < 4.78 is 7.38. The van der Waals surface area contributed by atoms with Gasteiger partial charge < -0.3 is 20.8 Å². The number of rotatable bonds is 2. The summed E-state index contributed by atoms with van der Waals surface area (Å²) >= 11 is 5.04. The molecule has 7 heteroatoms. The number of aromatic amines is 1. The number of aromatic nitrogens is 2. The molecule has 5 N–H and O–H groups in total. The Morgan fingerprint density at radius 2 is 2.31 bits per heavy atom. The lowest BCUT2D eigenvalue weighted by molar-refractivity contribution is 0.0968. The summed E-state index contributed by atoms with van der Waals surface area (Å²) in [5.74, 6) is 0.212. The van der Waals surface area contributed by atoms with Crippen LogP contribution >= 0.6 is 12.2 Å². The van der Waals surface area contributed by atoms with E-state index in [4.69, 9.17) is 28.4 Å². The molecule has 1 aromatic heterocycles. The molecule has 1 unspecified atom stereocenters. The first-order chi connectivity index (χ1) is 7.59. The van der Waals surface area contributed by atoms with Crippen LogP contribution in [0.15, 0.2) is 4.79 Å². The topological polar surface area (TPSA) is 99.1 Å². The van der Waals surface area contributed by atoms with Crippen LogP contribution in [0, 0.1) is 4.77 Å². The molecular weight excluding hydrogens is 228 g/mol. The molecule has 2 rings (SSSR count). The third kappa shape index (κ3) is 1.96. The third-order valence-corrected chi connectivity index (χ3v) is 3.01. The zero-order valence-electron chi connectivity index (χ0n) is 8.73. The summed E-state index contributed by atoms with van der Waals surface area (Å²) in [6, 6.07) is 0. The van der Waals surface area contributed by atoms with Gasteiger partial charge in [0.2, 0.25) is 0 Å². The number of H-pyrrole nitrogens is 1. The molecule has 0 amide bonds. The quantitative estimate of drug-likeness (QED) is 0.646. The van der Waals surface area contributed by atoms with Crippen LogP contribution in [0.2, 0.25) is 0 Å². The fraction of sp³-hybridized carbons (Fsp3) is 0.556. The van der Waals surface area contributed by atoms with Gasteiger partial charge >= 0.3 is 0 Å². The SMILES string of the molecule is Nc1c(N)n(CC2CCCO2)c(=S)[nH]c1=O. The Kier molecular flexibility index (Phi) is 2.97. The highest BCUT2D eigenvalue weighted by Crippen LogP contribution is 2.17. The fourth-order valence-electron chi connectivity index (χ4n) is 1.78. The van der Waals surface area contributed by atoms with E-state index >= 15 is 0 Å². The van der Waals surface area contributed by atoms with Gasteiger partial charge in [0.1, 0.15) is 11.5 Å². The smallest absolute Gasteiger partial charge is 0.277 e. The summed E-state index contributed by atoms with van der Waals surface area (Å²) in [7, 11) is 0. The molecule has 2 heterocycles. The van der Waals surface area contributed by atoms with E-state index in [1.54, 1.807) is 4.57 Å². The van der Waals surface area contributed by atoms with Crippen LogP contribution in [0.3, 0.4) is 0 Å². The zero-order valence-corrected chi connectivity index (χ0v) is 9.55. The Bertz CT molecular complexity index is 501. The molecule has 6 nitrogen and oxygen atoms in total. The minimum Gasteiger partial charge on any atom is -0.391 e. The Labute approximate surface area is 97.2 Å². The normalized spacial score (nSPS) is 20.1. The summed E-state index contributed by atoms with van der Waals surface area (Å²) in [5.41, 5.74) is 10.9. The van der Waals surface area contributed by atoms with Gasteiger partial charge in [-0.2, -0.15) is 0 Å². The van der Waals surface area contributed by atoms with Crippen molar-refractivity contribution in [2.75, 3.05) is 18.1 Å².